The molecule has 1 aliphatic carbocycles. The zero-order chi connectivity index (χ0) is 8.32. The van der Waals surface area contributed by atoms with Gasteiger partial charge in [0, 0.05) is 5.18 Å². The highest BCUT2D eigenvalue weighted by atomic mass is 16.3. The minimum absolute atomic E-state index is 0.431. The van der Waals surface area contributed by atoms with Crippen molar-refractivity contribution in [2.24, 2.45) is 10.6 Å². The molecule has 0 bridgehead atoms. The Labute approximate surface area is 66.1 Å². The maximum absolute atomic E-state index is 11.0. The molecule has 62 valence electrons. The molecule has 1 saturated carbocycles. The molecule has 1 rings (SSSR count). The molecule has 3 nitrogen and oxygen atoms in total. The maximum Gasteiger partial charge on any atom is 0.292 e. The van der Waals surface area contributed by atoms with E-state index in [1.54, 1.807) is 0 Å². The van der Waals surface area contributed by atoms with E-state index in [0.29, 0.717) is 0 Å². The van der Waals surface area contributed by atoms with Gasteiger partial charge in [-0.2, -0.15) is 0 Å². The first-order valence-electron chi connectivity index (χ1n) is 4.07. The Morgan fingerprint density at radius 2 is 1.82 bits per heavy atom. The van der Waals surface area contributed by atoms with E-state index in [1.807, 2.05) is 6.92 Å². The standard InChI is InChI=1S/C8H13NO2/c1-8(7(10)9-11)5-3-2-4-6-8/h2-6H2,1H3. The van der Waals surface area contributed by atoms with Crippen LogP contribution in [0, 0.1) is 10.3 Å². The molecule has 0 N–H and O–H groups in total. The second kappa shape index (κ2) is 3.11. The van der Waals surface area contributed by atoms with Gasteiger partial charge in [0.15, 0.2) is 0 Å². The van der Waals surface area contributed by atoms with Crippen LogP contribution in [-0.4, -0.2) is 5.91 Å². The summed E-state index contributed by atoms with van der Waals surface area (Å²) in [6.07, 6.45) is 4.95. The molecule has 0 unspecified atom stereocenters. The Hall–Kier alpha value is -0.730. The van der Waals surface area contributed by atoms with Crippen molar-refractivity contribution >= 4 is 5.91 Å². The number of nitroso groups, excluding NO2 is 1. The van der Waals surface area contributed by atoms with E-state index in [9.17, 15) is 9.70 Å². The van der Waals surface area contributed by atoms with Gasteiger partial charge in [-0.05, 0) is 12.8 Å². The molecular weight excluding hydrogens is 142 g/mol. The average Bonchev–Trinajstić information content (AvgIpc) is 2.04. The lowest BCUT2D eigenvalue weighted by Crippen LogP contribution is -2.28. The normalized spacial score (nSPS) is 22.6. The second-order valence-corrected chi connectivity index (χ2v) is 3.52. The number of hydrogen-bond acceptors (Lipinski definition) is 2. The molecule has 11 heavy (non-hydrogen) atoms. The van der Waals surface area contributed by atoms with E-state index >= 15 is 0 Å². The molecule has 3 heteroatoms. The lowest BCUT2D eigenvalue weighted by Gasteiger charge is -2.28. The molecule has 1 amide bonds. The van der Waals surface area contributed by atoms with Gasteiger partial charge < -0.3 is 0 Å². The van der Waals surface area contributed by atoms with Crippen molar-refractivity contribution in [2.45, 2.75) is 39.0 Å². The fraction of sp³-hybridized carbons (Fsp3) is 0.875. The van der Waals surface area contributed by atoms with Gasteiger partial charge in [0.05, 0.1) is 5.41 Å². The zero-order valence-corrected chi connectivity index (χ0v) is 6.80. The Kier molecular flexibility index (Phi) is 2.37. The summed E-state index contributed by atoms with van der Waals surface area (Å²) >= 11 is 0. The summed E-state index contributed by atoms with van der Waals surface area (Å²) in [7, 11) is 0. The van der Waals surface area contributed by atoms with E-state index < -0.39 is 11.3 Å². The average molecular weight is 155 g/mol. The molecule has 0 spiro atoms. The quantitative estimate of drug-likeness (QED) is 0.545. The van der Waals surface area contributed by atoms with Crippen LogP contribution in [0.1, 0.15) is 39.0 Å². The minimum atomic E-state index is -0.461. The third-order valence-electron chi connectivity index (χ3n) is 2.56. The highest BCUT2D eigenvalue weighted by Gasteiger charge is 2.35. The van der Waals surface area contributed by atoms with Crippen molar-refractivity contribution in [2.75, 3.05) is 0 Å². The largest absolute Gasteiger partial charge is 0.292 e. The summed E-state index contributed by atoms with van der Waals surface area (Å²) in [6.45, 7) is 1.84. The number of hydrogen-bond donors (Lipinski definition) is 0. The monoisotopic (exact) mass is 155 g/mol. The lowest BCUT2D eigenvalue weighted by atomic mass is 9.75. The Balaban J connectivity index is 2.63. The first-order chi connectivity index (χ1) is 5.19. The van der Waals surface area contributed by atoms with Crippen molar-refractivity contribution < 1.29 is 4.79 Å². The SMILES string of the molecule is CC1(C(=O)N=O)CCCCC1. The maximum atomic E-state index is 11.0. The molecule has 1 fully saturated rings. The molecule has 0 atom stereocenters. The Morgan fingerprint density at radius 1 is 1.27 bits per heavy atom. The van der Waals surface area contributed by atoms with E-state index in [1.165, 1.54) is 6.42 Å². The van der Waals surface area contributed by atoms with Crippen molar-refractivity contribution in [1.82, 2.24) is 0 Å². The minimum Gasteiger partial charge on any atom is -0.268 e. The fourth-order valence-corrected chi connectivity index (χ4v) is 1.66. The molecule has 0 radical (unpaired) electrons. The highest BCUT2D eigenvalue weighted by Crippen LogP contribution is 2.36. The van der Waals surface area contributed by atoms with Gasteiger partial charge in [-0.15, -0.1) is 4.91 Å². The molecule has 0 aliphatic heterocycles. The van der Waals surface area contributed by atoms with Crippen LogP contribution in [0.3, 0.4) is 0 Å². The first-order valence-corrected chi connectivity index (χ1v) is 4.07. The van der Waals surface area contributed by atoms with Crippen molar-refractivity contribution in [1.29, 1.82) is 0 Å². The van der Waals surface area contributed by atoms with Crippen molar-refractivity contribution in [3.63, 3.8) is 0 Å². The fourth-order valence-electron chi connectivity index (χ4n) is 1.66. The predicted octanol–water partition coefficient (Wildman–Crippen LogP) is 2.25. The topological polar surface area (TPSA) is 46.5 Å². The summed E-state index contributed by atoms with van der Waals surface area (Å²) in [5.74, 6) is -0.461. The van der Waals surface area contributed by atoms with Crippen LogP contribution in [0.4, 0.5) is 0 Å². The number of carbonyl (C=O) groups is 1. The summed E-state index contributed by atoms with van der Waals surface area (Å²) in [4.78, 5) is 21.0. The van der Waals surface area contributed by atoms with E-state index in [0.717, 1.165) is 25.7 Å². The molecule has 0 saturated heterocycles. The molecule has 0 heterocycles. The van der Waals surface area contributed by atoms with Gasteiger partial charge in [-0.25, -0.2) is 0 Å². The van der Waals surface area contributed by atoms with Crippen molar-refractivity contribution in [3.05, 3.63) is 4.91 Å². The summed E-state index contributed by atoms with van der Waals surface area (Å²) < 4.78 is 0. The van der Waals surface area contributed by atoms with Crippen LogP contribution in [0.5, 0.6) is 0 Å². The molecule has 0 aromatic rings. The number of rotatable bonds is 1. The third kappa shape index (κ3) is 1.64. The van der Waals surface area contributed by atoms with Crippen LogP contribution >= 0.6 is 0 Å². The number of carbonyl (C=O) groups excluding carboxylic acids is 1. The predicted molar refractivity (Wildman–Crippen MR) is 42.0 cm³/mol. The highest BCUT2D eigenvalue weighted by molar-refractivity contribution is 5.82. The number of amides is 1. The van der Waals surface area contributed by atoms with Gasteiger partial charge in [-0.3, -0.25) is 4.79 Å². The van der Waals surface area contributed by atoms with Gasteiger partial charge >= 0.3 is 0 Å². The number of nitrogens with zero attached hydrogens (tertiary/aromatic N) is 1. The van der Waals surface area contributed by atoms with E-state index in [4.69, 9.17) is 0 Å². The Morgan fingerprint density at radius 3 is 2.27 bits per heavy atom. The van der Waals surface area contributed by atoms with Gasteiger partial charge in [-0.1, -0.05) is 26.2 Å². The summed E-state index contributed by atoms with van der Waals surface area (Å²) in [5, 5.41) is 2.50. The molecule has 0 aromatic heterocycles. The second-order valence-electron chi connectivity index (χ2n) is 3.52. The van der Waals surface area contributed by atoms with Crippen LogP contribution in [0.15, 0.2) is 5.18 Å². The van der Waals surface area contributed by atoms with Gasteiger partial charge in [0.2, 0.25) is 0 Å². The van der Waals surface area contributed by atoms with E-state index in [-0.39, 0.29) is 0 Å². The van der Waals surface area contributed by atoms with Crippen LogP contribution in [0.25, 0.3) is 0 Å². The van der Waals surface area contributed by atoms with Gasteiger partial charge in [0.25, 0.3) is 5.91 Å². The summed E-state index contributed by atoms with van der Waals surface area (Å²) in [5.41, 5.74) is -0.431. The van der Waals surface area contributed by atoms with Crippen LogP contribution in [0.2, 0.25) is 0 Å². The summed E-state index contributed by atoms with van der Waals surface area (Å²) in [6, 6.07) is 0. The van der Waals surface area contributed by atoms with E-state index in [2.05, 4.69) is 5.18 Å². The van der Waals surface area contributed by atoms with Crippen molar-refractivity contribution in [3.8, 4) is 0 Å². The molecular formula is C8H13NO2. The first kappa shape index (κ1) is 8.37. The van der Waals surface area contributed by atoms with Gasteiger partial charge in [0.1, 0.15) is 0 Å². The smallest absolute Gasteiger partial charge is 0.268 e. The van der Waals surface area contributed by atoms with Crippen LogP contribution in [-0.2, 0) is 4.79 Å². The van der Waals surface area contributed by atoms with Crippen LogP contribution < -0.4 is 0 Å². The lowest BCUT2D eigenvalue weighted by molar-refractivity contribution is -0.128. The third-order valence-corrected chi connectivity index (χ3v) is 2.56. The Bertz CT molecular complexity index is 171. The molecule has 0 aromatic carbocycles. The zero-order valence-electron chi connectivity index (χ0n) is 6.80. The molecule has 1 aliphatic rings.